The zero-order chi connectivity index (χ0) is 12.4. The Bertz CT molecular complexity index is 442. The standard InChI is InChI=1S/C10H11Cl2N3O2/c11-6-3-7(12)9(14-4-6)15-2-1-13-5-8(15)10(16)17/h3-4,8,13H,1-2,5H2,(H,16,17). The van der Waals surface area contributed by atoms with Gasteiger partial charge in [0.2, 0.25) is 0 Å². The van der Waals surface area contributed by atoms with Gasteiger partial charge in [0.05, 0.1) is 10.0 Å². The molecule has 1 aromatic heterocycles. The van der Waals surface area contributed by atoms with Gasteiger partial charge in [0.1, 0.15) is 11.9 Å². The van der Waals surface area contributed by atoms with Crippen LogP contribution in [0.3, 0.4) is 0 Å². The normalized spacial score (nSPS) is 20.4. The van der Waals surface area contributed by atoms with Crippen LogP contribution >= 0.6 is 23.2 Å². The number of hydrogen-bond acceptors (Lipinski definition) is 4. The number of carbonyl (C=O) groups is 1. The number of anilines is 1. The largest absolute Gasteiger partial charge is 0.480 e. The molecule has 1 fully saturated rings. The Hall–Kier alpha value is -1.04. The Kier molecular flexibility index (Phi) is 3.71. The summed E-state index contributed by atoms with van der Waals surface area (Å²) in [7, 11) is 0. The van der Waals surface area contributed by atoms with Crippen LogP contribution in [0.2, 0.25) is 10.0 Å². The van der Waals surface area contributed by atoms with Gasteiger partial charge in [-0.15, -0.1) is 0 Å². The van der Waals surface area contributed by atoms with Crippen LogP contribution in [-0.4, -0.2) is 41.7 Å². The molecular weight excluding hydrogens is 265 g/mol. The van der Waals surface area contributed by atoms with Gasteiger partial charge in [-0.2, -0.15) is 0 Å². The molecule has 0 aromatic carbocycles. The molecular formula is C10H11Cl2N3O2. The number of nitrogens with one attached hydrogen (secondary N) is 1. The highest BCUT2D eigenvalue weighted by Crippen LogP contribution is 2.27. The molecule has 2 rings (SSSR count). The zero-order valence-electron chi connectivity index (χ0n) is 8.86. The second kappa shape index (κ2) is 5.08. The van der Waals surface area contributed by atoms with Crippen molar-refractivity contribution in [2.24, 2.45) is 0 Å². The van der Waals surface area contributed by atoms with Crippen LogP contribution in [0.25, 0.3) is 0 Å². The second-order valence-corrected chi connectivity index (χ2v) is 4.55. The van der Waals surface area contributed by atoms with Crippen LogP contribution in [0.15, 0.2) is 12.3 Å². The Morgan fingerprint density at radius 1 is 1.59 bits per heavy atom. The third kappa shape index (κ3) is 2.62. The van der Waals surface area contributed by atoms with Gasteiger partial charge in [-0.3, -0.25) is 0 Å². The number of pyridine rings is 1. The summed E-state index contributed by atoms with van der Waals surface area (Å²) in [4.78, 5) is 16.9. The van der Waals surface area contributed by atoms with Crippen molar-refractivity contribution < 1.29 is 9.90 Å². The summed E-state index contributed by atoms with van der Waals surface area (Å²) in [6, 6.07) is 0.904. The summed E-state index contributed by atoms with van der Waals surface area (Å²) in [6.07, 6.45) is 1.46. The van der Waals surface area contributed by atoms with Crippen LogP contribution in [0.5, 0.6) is 0 Å². The summed E-state index contributed by atoms with van der Waals surface area (Å²) in [5, 5.41) is 13.0. The van der Waals surface area contributed by atoms with Gasteiger partial charge in [0.15, 0.2) is 0 Å². The lowest BCUT2D eigenvalue weighted by Gasteiger charge is -2.34. The highest BCUT2D eigenvalue weighted by atomic mass is 35.5. The summed E-state index contributed by atoms with van der Waals surface area (Å²) in [6.45, 7) is 1.62. The highest BCUT2D eigenvalue weighted by molar-refractivity contribution is 6.36. The van der Waals surface area contributed by atoms with Crippen LogP contribution < -0.4 is 10.2 Å². The number of rotatable bonds is 2. The fourth-order valence-electron chi connectivity index (χ4n) is 1.80. The van der Waals surface area contributed by atoms with E-state index in [9.17, 15) is 4.79 Å². The number of aliphatic carboxylic acids is 1. The fraction of sp³-hybridized carbons (Fsp3) is 0.400. The van der Waals surface area contributed by atoms with Gasteiger partial charge in [0, 0.05) is 25.8 Å². The first-order valence-corrected chi connectivity index (χ1v) is 5.86. The van der Waals surface area contributed by atoms with Crippen molar-refractivity contribution >= 4 is 35.0 Å². The molecule has 0 radical (unpaired) electrons. The van der Waals surface area contributed by atoms with Crippen molar-refractivity contribution in [3.8, 4) is 0 Å². The lowest BCUT2D eigenvalue weighted by molar-refractivity contribution is -0.138. The van der Waals surface area contributed by atoms with E-state index in [2.05, 4.69) is 10.3 Å². The maximum Gasteiger partial charge on any atom is 0.327 e. The molecule has 1 atom stereocenters. The first kappa shape index (κ1) is 12.4. The number of carboxylic acids is 1. The number of piperazine rings is 1. The van der Waals surface area contributed by atoms with Gasteiger partial charge in [-0.25, -0.2) is 9.78 Å². The van der Waals surface area contributed by atoms with E-state index in [0.717, 1.165) is 0 Å². The molecule has 1 unspecified atom stereocenters. The van der Waals surface area contributed by atoms with Crippen LogP contribution in [-0.2, 0) is 4.79 Å². The van der Waals surface area contributed by atoms with E-state index in [-0.39, 0.29) is 0 Å². The highest BCUT2D eigenvalue weighted by Gasteiger charge is 2.30. The molecule has 0 spiro atoms. The van der Waals surface area contributed by atoms with E-state index in [0.29, 0.717) is 35.5 Å². The predicted octanol–water partition coefficient (Wildman–Crippen LogP) is 1.25. The van der Waals surface area contributed by atoms with E-state index in [1.54, 1.807) is 11.0 Å². The molecule has 0 amide bonds. The molecule has 0 bridgehead atoms. The van der Waals surface area contributed by atoms with Gasteiger partial charge in [-0.05, 0) is 6.07 Å². The average Bonchev–Trinajstić information content (AvgIpc) is 2.29. The van der Waals surface area contributed by atoms with Gasteiger partial charge in [0.25, 0.3) is 0 Å². The Labute approximate surface area is 108 Å². The minimum atomic E-state index is -0.898. The van der Waals surface area contributed by atoms with Crippen LogP contribution in [0.1, 0.15) is 0 Å². The number of hydrogen-bond donors (Lipinski definition) is 2. The van der Waals surface area contributed by atoms with Crippen LogP contribution in [0, 0.1) is 0 Å². The molecule has 17 heavy (non-hydrogen) atoms. The second-order valence-electron chi connectivity index (χ2n) is 3.71. The van der Waals surface area contributed by atoms with Gasteiger partial charge in [-0.1, -0.05) is 23.2 Å². The summed E-state index contributed by atoms with van der Waals surface area (Å²) in [5.74, 6) is -0.435. The van der Waals surface area contributed by atoms with E-state index >= 15 is 0 Å². The van der Waals surface area contributed by atoms with Crippen molar-refractivity contribution in [2.75, 3.05) is 24.5 Å². The number of nitrogens with zero attached hydrogens (tertiary/aromatic N) is 2. The number of carboxylic acid groups (broad SMARTS) is 1. The van der Waals surface area contributed by atoms with Gasteiger partial charge >= 0.3 is 5.97 Å². The molecule has 92 valence electrons. The molecule has 1 aromatic rings. The Balaban J connectivity index is 2.32. The first-order valence-electron chi connectivity index (χ1n) is 5.11. The van der Waals surface area contributed by atoms with Gasteiger partial charge < -0.3 is 15.3 Å². The summed E-state index contributed by atoms with van der Waals surface area (Å²) < 4.78 is 0. The Morgan fingerprint density at radius 3 is 3.00 bits per heavy atom. The van der Waals surface area contributed by atoms with E-state index in [1.165, 1.54) is 6.20 Å². The molecule has 5 nitrogen and oxygen atoms in total. The lowest BCUT2D eigenvalue weighted by atomic mass is 10.2. The first-order chi connectivity index (χ1) is 8.09. The molecule has 7 heteroatoms. The zero-order valence-corrected chi connectivity index (χ0v) is 10.4. The third-order valence-electron chi connectivity index (χ3n) is 2.59. The van der Waals surface area contributed by atoms with E-state index in [4.69, 9.17) is 28.3 Å². The fourth-order valence-corrected chi connectivity index (χ4v) is 2.29. The molecule has 1 saturated heterocycles. The van der Waals surface area contributed by atoms with Crippen molar-refractivity contribution in [2.45, 2.75) is 6.04 Å². The quantitative estimate of drug-likeness (QED) is 0.851. The smallest absolute Gasteiger partial charge is 0.327 e. The minimum Gasteiger partial charge on any atom is -0.480 e. The van der Waals surface area contributed by atoms with E-state index in [1.807, 2.05) is 0 Å². The molecule has 2 heterocycles. The lowest BCUT2D eigenvalue weighted by Crippen LogP contribution is -2.55. The maximum atomic E-state index is 11.1. The van der Waals surface area contributed by atoms with Crippen molar-refractivity contribution in [3.05, 3.63) is 22.3 Å². The average molecular weight is 276 g/mol. The number of halogens is 2. The molecule has 2 N–H and O–H groups in total. The predicted molar refractivity (Wildman–Crippen MR) is 65.9 cm³/mol. The van der Waals surface area contributed by atoms with Crippen molar-refractivity contribution in [1.29, 1.82) is 0 Å². The number of aromatic nitrogens is 1. The summed E-state index contributed by atoms with van der Waals surface area (Å²) >= 11 is 11.8. The molecule has 1 aliphatic heterocycles. The topological polar surface area (TPSA) is 65.5 Å². The molecule has 1 aliphatic rings. The van der Waals surface area contributed by atoms with Crippen molar-refractivity contribution in [1.82, 2.24) is 10.3 Å². The summed E-state index contributed by atoms with van der Waals surface area (Å²) in [5.41, 5.74) is 0. The van der Waals surface area contributed by atoms with Crippen LogP contribution in [0.4, 0.5) is 5.82 Å². The SMILES string of the molecule is O=C(O)C1CNCCN1c1ncc(Cl)cc1Cl. The monoisotopic (exact) mass is 275 g/mol. The maximum absolute atomic E-state index is 11.1. The Morgan fingerprint density at radius 2 is 2.35 bits per heavy atom. The third-order valence-corrected chi connectivity index (χ3v) is 3.07. The molecule has 0 saturated carbocycles. The minimum absolute atomic E-state index is 0.366. The van der Waals surface area contributed by atoms with Crippen molar-refractivity contribution in [3.63, 3.8) is 0 Å². The van der Waals surface area contributed by atoms with E-state index < -0.39 is 12.0 Å². The molecule has 0 aliphatic carbocycles.